The van der Waals surface area contributed by atoms with Gasteiger partial charge in [-0.1, -0.05) is 30.3 Å². The lowest BCUT2D eigenvalue weighted by atomic mass is 10.1. The molecule has 1 aromatic carbocycles. The molecule has 0 atom stereocenters. The van der Waals surface area contributed by atoms with Crippen LogP contribution in [0.4, 0.5) is 0 Å². The molecule has 2 heterocycles. The summed E-state index contributed by atoms with van der Waals surface area (Å²) >= 11 is 3.39. The number of para-hydroxylation sites is 1. The summed E-state index contributed by atoms with van der Waals surface area (Å²) in [5.74, 6) is 0.998. The van der Waals surface area contributed by atoms with E-state index < -0.39 is 0 Å². The number of methoxy groups -OCH3 is 1. The summed E-state index contributed by atoms with van der Waals surface area (Å²) in [4.78, 5) is 17.2. The Bertz CT molecular complexity index is 782. The Hall–Kier alpha value is -2.11. The number of rotatable bonds is 8. The molecule has 0 unspecified atom stereocenters. The zero-order valence-electron chi connectivity index (χ0n) is 14.2. The van der Waals surface area contributed by atoms with Crippen LogP contribution in [0.3, 0.4) is 0 Å². The molecule has 1 amide bonds. The number of aryl methyl sites for hydroxylation is 1. The number of thiophene rings is 2. The maximum absolute atomic E-state index is 12.9. The topological polar surface area (TPSA) is 29.5 Å². The summed E-state index contributed by atoms with van der Waals surface area (Å²) in [6.45, 7) is 1.20. The van der Waals surface area contributed by atoms with Crippen molar-refractivity contribution in [3.63, 3.8) is 0 Å². The van der Waals surface area contributed by atoms with Crippen LogP contribution in [-0.2, 0) is 24.3 Å². The van der Waals surface area contributed by atoms with Crippen molar-refractivity contribution in [1.82, 2.24) is 4.90 Å². The van der Waals surface area contributed by atoms with Crippen molar-refractivity contribution in [2.75, 3.05) is 7.11 Å². The van der Waals surface area contributed by atoms with E-state index in [4.69, 9.17) is 4.74 Å². The lowest BCUT2D eigenvalue weighted by molar-refractivity contribution is -0.132. The minimum Gasteiger partial charge on any atom is -0.496 e. The summed E-state index contributed by atoms with van der Waals surface area (Å²) in [6, 6.07) is 16.1. The zero-order chi connectivity index (χ0) is 17.5. The number of ether oxygens (including phenoxy) is 1. The van der Waals surface area contributed by atoms with Gasteiger partial charge in [-0.2, -0.15) is 0 Å². The van der Waals surface area contributed by atoms with Gasteiger partial charge < -0.3 is 9.64 Å². The summed E-state index contributed by atoms with van der Waals surface area (Å²) in [6.07, 6.45) is 1.32. The van der Waals surface area contributed by atoms with Gasteiger partial charge in [0.25, 0.3) is 0 Å². The quantitative estimate of drug-likeness (QED) is 0.559. The summed E-state index contributed by atoms with van der Waals surface area (Å²) in [5, 5.41) is 4.10. The molecule has 130 valence electrons. The molecular weight excluding hydrogens is 350 g/mol. The van der Waals surface area contributed by atoms with Gasteiger partial charge in [-0.15, -0.1) is 22.7 Å². The second kappa shape index (κ2) is 8.83. The van der Waals surface area contributed by atoms with E-state index in [1.165, 1.54) is 9.75 Å². The number of nitrogens with zero attached hydrogens (tertiary/aromatic N) is 1. The molecule has 2 aromatic heterocycles. The fraction of sp³-hybridized carbons (Fsp3) is 0.250. The second-order valence-electron chi connectivity index (χ2n) is 5.72. The van der Waals surface area contributed by atoms with Crippen LogP contribution in [0.1, 0.15) is 21.7 Å². The second-order valence-corrected chi connectivity index (χ2v) is 7.78. The predicted molar refractivity (Wildman–Crippen MR) is 104 cm³/mol. The molecule has 3 rings (SSSR count). The molecule has 3 nitrogen and oxygen atoms in total. The van der Waals surface area contributed by atoms with Gasteiger partial charge in [-0.25, -0.2) is 0 Å². The van der Waals surface area contributed by atoms with Gasteiger partial charge in [-0.05, 0) is 35.4 Å². The number of hydrogen-bond acceptors (Lipinski definition) is 4. The SMILES string of the molecule is COc1ccccc1CN(Cc1cccs1)C(=O)CCc1cccs1. The molecule has 0 bridgehead atoms. The summed E-state index contributed by atoms with van der Waals surface area (Å²) in [5.41, 5.74) is 1.03. The Morgan fingerprint density at radius 3 is 2.36 bits per heavy atom. The Morgan fingerprint density at radius 2 is 1.68 bits per heavy atom. The van der Waals surface area contributed by atoms with E-state index >= 15 is 0 Å². The molecular formula is C20H21NO2S2. The lowest BCUT2D eigenvalue weighted by Gasteiger charge is -2.23. The first kappa shape index (κ1) is 17.7. The number of amides is 1. The van der Waals surface area contributed by atoms with E-state index in [0.717, 1.165) is 17.7 Å². The van der Waals surface area contributed by atoms with Crippen molar-refractivity contribution in [2.45, 2.75) is 25.9 Å². The first-order valence-electron chi connectivity index (χ1n) is 8.20. The average molecular weight is 372 g/mol. The maximum atomic E-state index is 12.9. The first-order valence-corrected chi connectivity index (χ1v) is 9.96. The number of hydrogen-bond donors (Lipinski definition) is 0. The maximum Gasteiger partial charge on any atom is 0.223 e. The van der Waals surface area contributed by atoms with E-state index in [1.54, 1.807) is 29.8 Å². The monoisotopic (exact) mass is 371 g/mol. The van der Waals surface area contributed by atoms with E-state index in [1.807, 2.05) is 46.7 Å². The van der Waals surface area contributed by atoms with Crippen molar-refractivity contribution in [3.05, 3.63) is 74.6 Å². The fourth-order valence-corrected chi connectivity index (χ4v) is 4.13. The molecule has 0 aliphatic carbocycles. The number of carbonyl (C=O) groups excluding carboxylic acids is 1. The molecule has 0 N–H and O–H groups in total. The van der Waals surface area contributed by atoms with Crippen molar-refractivity contribution in [2.24, 2.45) is 0 Å². The first-order chi connectivity index (χ1) is 12.3. The normalized spacial score (nSPS) is 10.6. The van der Waals surface area contributed by atoms with Crippen molar-refractivity contribution in [3.8, 4) is 5.75 Å². The van der Waals surface area contributed by atoms with Gasteiger partial charge in [0, 0.05) is 28.3 Å². The third-order valence-electron chi connectivity index (χ3n) is 4.00. The lowest BCUT2D eigenvalue weighted by Crippen LogP contribution is -2.30. The van der Waals surface area contributed by atoms with Crippen LogP contribution in [0, 0.1) is 0 Å². The summed E-state index contributed by atoms with van der Waals surface area (Å²) < 4.78 is 5.45. The Balaban J connectivity index is 1.73. The molecule has 25 heavy (non-hydrogen) atoms. The predicted octanol–water partition coefficient (Wildman–Crippen LogP) is 4.98. The minimum atomic E-state index is 0.174. The van der Waals surface area contributed by atoms with Crippen molar-refractivity contribution in [1.29, 1.82) is 0 Å². The fourth-order valence-electron chi connectivity index (χ4n) is 2.71. The molecule has 0 aliphatic rings. The van der Waals surface area contributed by atoms with Crippen molar-refractivity contribution >= 4 is 28.6 Å². The van der Waals surface area contributed by atoms with E-state index in [9.17, 15) is 4.79 Å². The summed E-state index contributed by atoms with van der Waals surface area (Å²) in [7, 11) is 1.67. The van der Waals surface area contributed by atoms with Crippen LogP contribution in [-0.4, -0.2) is 17.9 Å². The van der Waals surface area contributed by atoms with E-state index in [0.29, 0.717) is 19.5 Å². The molecule has 0 spiro atoms. The van der Waals surface area contributed by atoms with Gasteiger partial charge in [0.2, 0.25) is 5.91 Å². The smallest absolute Gasteiger partial charge is 0.223 e. The van der Waals surface area contributed by atoms with Crippen LogP contribution in [0.2, 0.25) is 0 Å². The zero-order valence-corrected chi connectivity index (χ0v) is 15.8. The third-order valence-corrected chi connectivity index (χ3v) is 5.80. The van der Waals surface area contributed by atoms with E-state index in [-0.39, 0.29) is 5.91 Å². The molecule has 3 aromatic rings. The molecule has 0 fully saturated rings. The molecule has 0 radical (unpaired) electrons. The highest BCUT2D eigenvalue weighted by molar-refractivity contribution is 7.10. The number of benzene rings is 1. The van der Waals surface area contributed by atoms with Gasteiger partial charge in [0.05, 0.1) is 13.7 Å². The van der Waals surface area contributed by atoms with Gasteiger partial charge in [-0.3, -0.25) is 4.79 Å². The molecule has 0 saturated carbocycles. The van der Waals surface area contributed by atoms with Crippen LogP contribution in [0.25, 0.3) is 0 Å². The Morgan fingerprint density at radius 1 is 0.960 bits per heavy atom. The molecule has 0 aliphatic heterocycles. The van der Waals surface area contributed by atoms with Crippen LogP contribution < -0.4 is 4.74 Å². The highest BCUT2D eigenvalue weighted by atomic mass is 32.1. The van der Waals surface area contributed by atoms with E-state index in [2.05, 4.69) is 17.5 Å². The highest BCUT2D eigenvalue weighted by Crippen LogP contribution is 2.22. The highest BCUT2D eigenvalue weighted by Gasteiger charge is 2.17. The van der Waals surface area contributed by atoms with Gasteiger partial charge >= 0.3 is 0 Å². The van der Waals surface area contributed by atoms with Crippen LogP contribution in [0.15, 0.2) is 59.3 Å². The minimum absolute atomic E-state index is 0.174. The average Bonchev–Trinajstić information content (AvgIpc) is 3.33. The largest absolute Gasteiger partial charge is 0.496 e. The molecule has 5 heteroatoms. The van der Waals surface area contributed by atoms with Crippen LogP contribution in [0.5, 0.6) is 5.75 Å². The van der Waals surface area contributed by atoms with Crippen LogP contribution >= 0.6 is 22.7 Å². The third kappa shape index (κ3) is 4.94. The Labute approximate surface area is 156 Å². The standard InChI is InChI=1S/C20H21NO2S2/c1-23-19-9-3-2-6-16(19)14-21(15-18-8-5-13-25-18)20(22)11-10-17-7-4-12-24-17/h2-9,12-13H,10-11,14-15H2,1H3. The van der Waals surface area contributed by atoms with Gasteiger partial charge in [0.1, 0.15) is 5.75 Å². The van der Waals surface area contributed by atoms with Gasteiger partial charge in [0.15, 0.2) is 0 Å². The Kier molecular flexibility index (Phi) is 6.25. The number of carbonyl (C=O) groups is 1. The molecule has 0 saturated heterocycles. The van der Waals surface area contributed by atoms with Crippen molar-refractivity contribution < 1.29 is 9.53 Å².